The number of hydrogen-bond donors (Lipinski definition) is 2. The monoisotopic (exact) mass is 473 g/mol. The molecular weight excluding hydrogens is 453 g/mol. The maximum Gasteiger partial charge on any atom is 0.258 e. The van der Waals surface area contributed by atoms with E-state index in [4.69, 9.17) is 10.5 Å². The van der Waals surface area contributed by atoms with Gasteiger partial charge in [0.25, 0.3) is 5.91 Å². The van der Waals surface area contributed by atoms with Crippen LogP contribution in [0.3, 0.4) is 0 Å². The van der Waals surface area contributed by atoms with Crippen LogP contribution in [-0.4, -0.2) is 28.0 Å². The number of methoxy groups -OCH3 is 1. The number of amides is 1. The van der Waals surface area contributed by atoms with E-state index in [9.17, 15) is 9.18 Å². The fourth-order valence-electron chi connectivity index (χ4n) is 3.96. The van der Waals surface area contributed by atoms with E-state index >= 15 is 0 Å². The Morgan fingerprint density at radius 1 is 1.15 bits per heavy atom. The standard InChI is InChI=1S/C25H20FN5O2S/c1-13-3-5-15-16(7-8-28-19(15)10-14-4-6-20(33-2)18(26)9-14)21(13)31-25(32)17-11-34-23-22(17)29-12-30-24(23)27/h3-9,11-12H,10H2,1-2H3,(H,31,32)(H2,27,29,30). The van der Waals surface area contributed by atoms with Gasteiger partial charge in [-0.25, -0.2) is 14.4 Å². The van der Waals surface area contributed by atoms with Gasteiger partial charge in [0.1, 0.15) is 12.1 Å². The average molecular weight is 474 g/mol. The zero-order valence-corrected chi connectivity index (χ0v) is 19.2. The molecule has 9 heteroatoms. The van der Waals surface area contributed by atoms with E-state index in [0.29, 0.717) is 33.7 Å². The highest BCUT2D eigenvalue weighted by molar-refractivity contribution is 7.18. The number of pyridine rings is 1. The summed E-state index contributed by atoms with van der Waals surface area (Å²) in [4.78, 5) is 25.9. The van der Waals surface area contributed by atoms with Gasteiger partial charge in [0.15, 0.2) is 11.6 Å². The minimum atomic E-state index is -0.420. The van der Waals surface area contributed by atoms with Gasteiger partial charge in [-0.15, -0.1) is 11.3 Å². The van der Waals surface area contributed by atoms with Crippen molar-refractivity contribution in [3.8, 4) is 5.75 Å². The van der Waals surface area contributed by atoms with Crippen LogP contribution in [-0.2, 0) is 6.42 Å². The van der Waals surface area contributed by atoms with E-state index in [1.165, 1.54) is 30.8 Å². The van der Waals surface area contributed by atoms with Crippen LogP contribution in [0.1, 0.15) is 27.2 Å². The predicted octanol–water partition coefficient (Wildman–Crippen LogP) is 5.12. The van der Waals surface area contributed by atoms with Crippen molar-refractivity contribution in [1.29, 1.82) is 0 Å². The number of carbonyl (C=O) groups excluding carboxylic acids is 1. The largest absolute Gasteiger partial charge is 0.494 e. The number of aryl methyl sites for hydroxylation is 1. The van der Waals surface area contributed by atoms with E-state index in [0.717, 1.165) is 27.6 Å². The van der Waals surface area contributed by atoms with Crippen LogP contribution in [0.4, 0.5) is 15.9 Å². The van der Waals surface area contributed by atoms with Crippen molar-refractivity contribution in [3.63, 3.8) is 0 Å². The van der Waals surface area contributed by atoms with Gasteiger partial charge < -0.3 is 15.8 Å². The van der Waals surface area contributed by atoms with Crippen molar-refractivity contribution in [2.24, 2.45) is 0 Å². The Morgan fingerprint density at radius 2 is 2.00 bits per heavy atom. The number of rotatable bonds is 5. The molecule has 1 amide bonds. The summed E-state index contributed by atoms with van der Waals surface area (Å²) in [5.41, 5.74) is 10.0. The quantitative estimate of drug-likeness (QED) is 0.367. The molecule has 2 aromatic carbocycles. The lowest BCUT2D eigenvalue weighted by molar-refractivity contribution is 0.102. The number of ether oxygens (including phenoxy) is 1. The van der Waals surface area contributed by atoms with Crippen LogP contribution in [0.25, 0.3) is 21.0 Å². The first kappa shape index (κ1) is 21.7. The summed E-state index contributed by atoms with van der Waals surface area (Å²) in [6.07, 6.45) is 3.48. The summed E-state index contributed by atoms with van der Waals surface area (Å²) < 4.78 is 19.9. The van der Waals surface area contributed by atoms with E-state index in [1.807, 2.05) is 31.2 Å². The molecule has 0 radical (unpaired) electrons. The number of nitrogens with two attached hydrogens (primary N) is 1. The molecule has 0 spiro atoms. The fraction of sp³-hybridized carbons (Fsp3) is 0.120. The Bertz CT molecular complexity index is 1570. The second-order valence-electron chi connectivity index (χ2n) is 7.80. The lowest BCUT2D eigenvalue weighted by Crippen LogP contribution is -2.13. The zero-order chi connectivity index (χ0) is 23.8. The summed E-state index contributed by atoms with van der Waals surface area (Å²) in [6.45, 7) is 1.93. The molecule has 0 aliphatic carbocycles. The summed E-state index contributed by atoms with van der Waals surface area (Å²) in [5.74, 6) is -0.156. The van der Waals surface area contributed by atoms with Crippen LogP contribution >= 0.6 is 11.3 Å². The molecule has 5 aromatic rings. The van der Waals surface area contributed by atoms with Gasteiger partial charge in [0.2, 0.25) is 0 Å². The molecule has 0 saturated carbocycles. The lowest BCUT2D eigenvalue weighted by Gasteiger charge is -2.14. The predicted molar refractivity (Wildman–Crippen MR) is 132 cm³/mol. The number of nitrogens with one attached hydrogen (secondary N) is 1. The molecule has 0 saturated heterocycles. The molecule has 0 aliphatic rings. The van der Waals surface area contributed by atoms with Crippen LogP contribution in [0.15, 0.2) is 54.3 Å². The van der Waals surface area contributed by atoms with Gasteiger partial charge in [-0.05, 0) is 36.2 Å². The molecule has 3 N–H and O–H groups in total. The van der Waals surface area contributed by atoms with Crippen molar-refractivity contribution in [2.45, 2.75) is 13.3 Å². The minimum Gasteiger partial charge on any atom is -0.494 e. The molecule has 0 fully saturated rings. The SMILES string of the molecule is COc1ccc(Cc2nccc3c(NC(=O)c4csc5c(N)ncnc45)c(C)ccc23)cc1F. The molecule has 0 aliphatic heterocycles. The van der Waals surface area contributed by atoms with Crippen LogP contribution < -0.4 is 15.8 Å². The molecule has 7 nitrogen and oxygen atoms in total. The maximum atomic E-state index is 14.2. The number of thiophene rings is 1. The number of nitrogens with zero attached hydrogens (tertiary/aromatic N) is 3. The van der Waals surface area contributed by atoms with E-state index in [-0.39, 0.29) is 11.7 Å². The van der Waals surface area contributed by atoms with Crippen LogP contribution in [0, 0.1) is 12.7 Å². The molecule has 0 unspecified atom stereocenters. The van der Waals surface area contributed by atoms with Crippen molar-refractivity contribution < 1.29 is 13.9 Å². The maximum absolute atomic E-state index is 14.2. The number of carbonyl (C=O) groups is 1. The third kappa shape index (κ3) is 3.80. The van der Waals surface area contributed by atoms with Crippen molar-refractivity contribution >= 4 is 49.7 Å². The van der Waals surface area contributed by atoms with Gasteiger partial charge in [0.05, 0.1) is 34.3 Å². The Labute approximate surface area is 198 Å². The Kier molecular flexibility index (Phi) is 5.54. The minimum absolute atomic E-state index is 0.197. The Hall–Kier alpha value is -4.11. The average Bonchev–Trinajstić information content (AvgIpc) is 3.27. The molecule has 3 aromatic heterocycles. The summed E-state index contributed by atoms with van der Waals surface area (Å²) in [6, 6.07) is 10.6. The van der Waals surface area contributed by atoms with E-state index < -0.39 is 5.82 Å². The number of fused-ring (bicyclic) bond motifs is 2. The number of benzene rings is 2. The van der Waals surface area contributed by atoms with Gasteiger partial charge in [0, 0.05) is 28.8 Å². The van der Waals surface area contributed by atoms with Gasteiger partial charge >= 0.3 is 0 Å². The zero-order valence-electron chi connectivity index (χ0n) is 18.4. The molecule has 0 atom stereocenters. The molecule has 0 bridgehead atoms. The van der Waals surface area contributed by atoms with Gasteiger partial charge in [-0.3, -0.25) is 9.78 Å². The third-order valence-electron chi connectivity index (χ3n) is 5.69. The topological polar surface area (TPSA) is 103 Å². The van der Waals surface area contributed by atoms with Crippen molar-refractivity contribution in [1.82, 2.24) is 15.0 Å². The van der Waals surface area contributed by atoms with Gasteiger partial charge in [-0.1, -0.05) is 18.2 Å². The number of hydrogen-bond acceptors (Lipinski definition) is 7. The van der Waals surface area contributed by atoms with Crippen molar-refractivity contribution in [3.05, 3.63) is 82.5 Å². The van der Waals surface area contributed by atoms with Gasteiger partial charge in [-0.2, -0.15) is 0 Å². The second-order valence-corrected chi connectivity index (χ2v) is 8.68. The number of anilines is 2. The fourth-order valence-corrected chi connectivity index (χ4v) is 4.86. The highest BCUT2D eigenvalue weighted by atomic mass is 32.1. The summed E-state index contributed by atoms with van der Waals surface area (Å²) >= 11 is 1.33. The molecular formula is C25H20FN5O2S. The highest BCUT2D eigenvalue weighted by Gasteiger charge is 2.18. The molecule has 3 heterocycles. The number of aromatic nitrogens is 3. The third-order valence-corrected chi connectivity index (χ3v) is 6.68. The number of halogens is 1. The smallest absolute Gasteiger partial charge is 0.258 e. The van der Waals surface area contributed by atoms with E-state index in [2.05, 4.69) is 20.3 Å². The Balaban J connectivity index is 1.52. The second kappa shape index (κ2) is 8.68. The molecule has 34 heavy (non-hydrogen) atoms. The number of nitrogen functional groups attached to an aromatic ring is 1. The lowest BCUT2D eigenvalue weighted by atomic mass is 10.00. The molecule has 5 rings (SSSR count). The van der Waals surface area contributed by atoms with Crippen molar-refractivity contribution in [2.75, 3.05) is 18.2 Å². The van der Waals surface area contributed by atoms with Crippen LogP contribution in [0.5, 0.6) is 5.75 Å². The summed E-state index contributed by atoms with van der Waals surface area (Å²) in [7, 11) is 1.43. The van der Waals surface area contributed by atoms with E-state index in [1.54, 1.807) is 17.6 Å². The summed E-state index contributed by atoms with van der Waals surface area (Å²) in [5, 5.41) is 6.50. The normalized spacial score (nSPS) is 11.1. The van der Waals surface area contributed by atoms with Crippen LogP contribution in [0.2, 0.25) is 0 Å². The molecule has 170 valence electrons. The first-order valence-electron chi connectivity index (χ1n) is 10.4. The first-order valence-corrected chi connectivity index (χ1v) is 11.3. The highest BCUT2D eigenvalue weighted by Crippen LogP contribution is 2.32. The first-order chi connectivity index (χ1) is 16.5. The Morgan fingerprint density at radius 3 is 2.79 bits per heavy atom.